The van der Waals surface area contributed by atoms with Crippen molar-refractivity contribution in [2.24, 2.45) is 0 Å². The van der Waals surface area contributed by atoms with Gasteiger partial charge in [-0.3, -0.25) is 9.69 Å². The zero-order valence-corrected chi connectivity index (χ0v) is 14.0. The Kier molecular flexibility index (Phi) is 5.47. The van der Waals surface area contributed by atoms with Crippen LogP contribution in [0.15, 0.2) is 6.07 Å². The third kappa shape index (κ3) is 3.49. The fraction of sp³-hybridized carbons (Fsp3) is 0.667. The molecule has 0 bridgehead atoms. The molecule has 3 N–H and O–H groups in total. The molecule has 1 amide bonds. The van der Waals surface area contributed by atoms with Crippen LogP contribution >= 0.6 is 11.3 Å². The number of carbonyl (C=O) groups is 1. The van der Waals surface area contributed by atoms with Crippen LogP contribution < -0.4 is 16.0 Å². The van der Waals surface area contributed by atoms with Crippen molar-refractivity contribution in [2.75, 3.05) is 43.4 Å². The van der Waals surface area contributed by atoms with E-state index in [9.17, 15) is 4.79 Å². The summed E-state index contributed by atoms with van der Waals surface area (Å²) >= 11 is 1.50. The van der Waals surface area contributed by atoms with Crippen molar-refractivity contribution in [2.45, 2.75) is 33.2 Å². The summed E-state index contributed by atoms with van der Waals surface area (Å²) in [5.74, 6) is -0.0641. The molecule has 2 heterocycles. The van der Waals surface area contributed by atoms with Gasteiger partial charge in [0.2, 0.25) is 0 Å². The minimum Gasteiger partial charge on any atom is -0.397 e. The summed E-state index contributed by atoms with van der Waals surface area (Å²) in [6.07, 6.45) is 1.18. The van der Waals surface area contributed by atoms with Crippen molar-refractivity contribution >= 4 is 27.9 Å². The molecule has 1 unspecified atom stereocenters. The second-order valence-electron chi connectivity index (χ2n) is 5.34. The molecule has 1 saturated heterocycles. The van der Waals surface area contributed by atoms with Crippen LogP contribution in [-0.2, 0) is 0 Å². The number of anilines is 2. The van der Waals surface area contributed by atoms with E-state index < -0.39 is 0 Å². The van der Waals surface area contributed by atoms with Crippen LogP contribution in [0.25, 0.3) is 0 Å². The maximum atomic E-state index is 12.0. The Balaban J connectivity index is 2.07. The number of nitrogens with zero attached hydrogens (tertiary/aromatic N) is 2. The zero-order chi connectivity index (χ0) is 15.4. The Morgan fingerprint density at radius 2 is 2.19 bits per heavy atom. The SMILES string of the molecule is CCNC(=O)c1sc(N2CCC(N(CC)CC)C2)cc1N. The molecule has 1 aromatic rings. The van der Waals surface area contributed by atoms with Crippen molar-refractivity contribution in [3.8, 4) is 0 Å². The number of hydrogen-bond acceptors (Lipinski definition) is 5. The Morgan fingerprint density at radius 1 is 1.48 bits per heavy atom. The van der Waals surface area contributed by atoms with Gasteiger partial charge in [0.05, 0.1) is 10.7 Å². The van der Waals surface area contributed by atoms with Crippen molar-refractivity contribution in [1.82, 2.24) is 10.2 Å². The number of hydrogen-bond donors (Lipinski definition) is 2. The minimum absolute atomic E-state index is 0.0641. The van der Waals surface area contributed by atoms with Gasteiger partial charge in [0.25, 0.3) is 5.91 Å². The molecule has 118 valence electrons. The second-order valence-corrected chi connectivity index (χ2v) is 6.37. The fourth-order valence-corrected chi connectivity index (χ4v) is 3.98. The molecule has 1 atom stereocenters. The predicted octanol–water partition coefficient (Wildman–Crippen LogP) is 2.00. The lowest BCUT2D eigenvalue weighted by Gasteiger charge is -2.26. The van der Waals surface area contributed by atoms with Crippen molar-refractivity contribution < 1.29 is 4.79 Å². The van der Waals surface area contributed by atoms with Crippen molar-refractivity contribution in [3.05, 3.63) is 10.9 Å². The van der Waals surface area contributed by atoms with Gasteiger partial charge in [-0.2, -0.15) is 0 Å². The van der Waals surface area contributed by atoms with Gasteiger partial charge in [-0.15, -0.1) is 11.3 Å². The van der Waals surface area contributed by atoms with E-state index in [1.54, 1.807) is 0 Å². The van der Waals surface area contributed by atoms with Crippen LogP contribution in [0, 0.1) is 0 Å². The Morgan fingerprint density at radius 3 is 2.81 bits per heavy atom. The molecule has 21 heavy (non-hydrogen) atoms. The van der Waals surface area contributed by atoms with E-state index in [1.165, 1.54) is 17.8 Å². The predicted molar refractivity (Wildman–Crippen MR) is 90.3 cm³/mol. The lowest BCUT2D eigenvalue weighted by molar-refractivity contribution is 0.0960. The molecule has 6 heteroatoms. The van der Waals surface area contributed by atoms with Gasteiger partial charge in [-0.1, -0.05) is 13.8 Å². The van der Waals surface area contributed by atoms with Gasteiger partial charge in [0.15, 0.2) is 0 Å². The first-order valence-electron chi connectivity index (χ1n) is 7.77. The first-order valence-corrected chi connectivity index (χ1v) is 8.58. The summed E-state index contributed by atoms with van der Waals surface area (Å²) < 4.78 is 0. The number of amides is 1. The molecule has 0 radical (unpaired) electrons. The quantitative estimate of drug-likeness (QED) is 0.844. The standard InChI is InChI=1S/C15H26N4OS/c1-4-17-15(20)14-12(16)9-13(21-14)19-8-7-11(10-19)18(5-2)6-3/h9,11H,4-8,10,16H2,1-3H3,(H,17,20). The molecular formula is C15H26N4OS. The number of rotatable bonds is 6. The molecule has 0 aromatic carbocycles. The minimum atomic E-state index is -0.0641. The highest BCUT2D eigenvalue weighted by Gasteiger charge is 2.28. The van der Waals surface area contributed by atoms with Gasteiger partial charge >= 0.3 is 0 Å². The van der Waals surface area contributed by atoms with E-state index in [0.717, 1.165) is 31.2 Å². The monoisotopic (exact) mass is 310 g/mol. The van der Waals surface area contributed by atoms with Crippen LogP contribution in [0.5, 0.6) is 0 Å². The van der Waals surface area contributed by atoms with Gasteiger partial charge in [0, 0.05) is 25.7 Å². The van der Waals surface area contributed by atoms with Gasteiger partial charge in [-0.05, 0) is 32.5 Å². The molecule has 5 nitrogen and oxygen atoms in total. The zero-order valence-electron chi connectivity index (χ0n) is 13.2. The van der Waals surface area contributed by atoms with E-state index >= 15 is 0 Å². The number of nitrogens with two attached hydrogens (primary N) is 1. The Bertz CT molecular complexity index is 484. The normalized spacial score (nSPS) is 18.5. The highest BCUT2D eigenvalue weighted by atomic mass is 32.1. The molecule has 0 aliphatic carbocycles. The van der Waals surface area contributed by atoms with Gasteiger partial charge in [0.1, 0.15) is 4.88 Å². The number of nitrogen functional groups attached to an aromatic ring is 1. The molecule has 0 saturated carbocycles. The molecule has 1 aliphatic rings. The lowest BCUT2D eigenvalue weighted by atomic mass is 10.2. The van der Waals surface area contributed by atoms with E-state index in [4.69, 9.17) is 5.73 Å². The summed E-state index contributed by atoms with van der Waals surface area (Å²) in [7, 11) is 0. The maximum Gasteiger partial charge on any atom is 0.263 e. The average Bonchev–Trinajstić information content (AvgIpc) is 3.07. The summed E-state index contributed by atoms with van der Waals surface area (Å²) in [5, 5.41) is 3.93. The summed E-state index contributed by atoms with van der Waals surface area (Å²) in [4.78, 5) is 17.4. The van der Waals surface area contributed by atoms with Crippen LogP contribution in [0.1, 0.15) is 36.9 Å². The largest absolute Gasteiger partial charge is 0.397 e. The molecule has 2 rings (SSSR count). The van der Waals surface area contributed by atoms with Crippen molar-refractivity contribution in [1.29, 1.82) is 0 Å². The average molecular weight is 310 g/mol. The molecule has 0 spiro atoms. The number of nitrogens with one attached hydrogen (secondary N) is 1. The fourth-order valence-electron chi connectivity index (χ4n) is 2.95. The first kappa shape index (κ1) is 16.1. The lowest BCUT2D eigenvalue weighted by Crippen LogP contribution is -2.37. The molecule has 1 fully saturated rings. The summed E-state index contributed by atoms with van der Waals surface area (Å²) in [6, 6.07) is 2.55. The molecule has 1 aliphatic heterocycles. The van der Waals surface area contributed by atoms with Gasteiger partial charge in [-0.25, -0.2) is 0 Å². The van der Waals surface area contributed by atoms with Crippen LogP contribution in [-0.4, -0.2) is 49.6 Å². The Labute approximate surface area is 131 Å². The number of thiophene rings is 1. The number of carbonyl (C=O) groups excluding carboxylic acids is 1. The van der Waals surface area contributed by atoms with Crippen LogP contribution in [0.3, 0.4) is 0 Å². The Hall–Kier alpha value is -1.27. The third-order valence-corrected chi connectivity index (χ3v) is 5.31. The van der Waals surface area contributed by atoms with Crippen LogP contribution in [0.2, 0.25) is 0 Å². The third-order valence-electron chi connectivity index (χ3n) is 4.10. The number of likely N-dealkylation sites (N-methyl/N-ethyl adjacent to an activating group) is 1. The van der Waals surface area contributed by atoms with Gasteiger partial charge < -0.3 is 16.0 Å². The first-order chi connectivity index (χ1) is 10.1. The smallest absolute Gasteiger partial charge is 0.263 e. The highest BCUT2D eigenvalue weighted by molar-refractivity contribution is 7.18. The summed E-state index contributed by atoms with van der Waals surface area (Å²) in [6.45, 7) is 11.2. The van der Waals surface area contributed by atoms with E-state index in [2.05, 4.69) is 29.0 Å². The second kappa shape index (κ2) is 7.13. The van der Waals surface area contributed by atoms with Crippen LogP contribution in [0.4, 0.5) is 10.7 Å². The maximum absolute atomic E-state index is 12.0. The molecule has 1 aromatic heterocycles. The van der Waals surface area contributed by atoms with E-state index in [-0.39, 0.29) is 5.91 Å². The van der Waals surface area contributed by atoms with Crippen molar-refractivity contribution in [3.63, 3.8) is 0 Å². The summed E-state index contributed by atoms with van der Waals surface area (Å²) in [5.41, 5.74) is 6.59. The topological polar surface area (TPSA) is 61.6 Å². The molecular weight excluding hydrogens is 284 g/mol. The highest BCUT2D eigenvalue weighted by Crippen LogP contribution is 2.34. The van der Waals surface area contributed by atoms with E-state index in [0.29, 0.717) is 23.2 Å². The van der Waals surface area contributed by atoms with E-state index in [1.807, 2.05) is 13.0 Å².